The maximum atomic E-state index is 10.9. The van der Waals surface area contributed by atoms with Crippen LogP contribution >= 0.6 is 12.2 Å². The lowest BCUT2D eigenvalue weighted by molar-refractivity contribution is -0.145. The number of rotatable bonds is 1. The van der Waals surface area contributed by atoms with Crippen LogP contribution in [0.1, 0.15) is 6.42 Å². The summed E-state index contributed by atoms with van der Waals surface area (Å²) >= 11 is 4.89. The van der Waals surface area contributed by atoms with Gasteiger partial charge in [0.05, 0.1) is 12.5 Å². The molecule has 1 saturated heterocycles. The number of hydrogen-bond acceptors (Lipinski definition) is 3. The first-order chi connectivity index (χ1) is 5.61. The number of β-lactam (4-membered cyclic amide) rings is 1. The van der Waals surface area contributed by atoms with Crippen molar-refractivity contribution in [3.8, 4) is 0 Å². The van der Waals surface area contributed by atoms with Gasteiger partial charge in [0, 0.05) is 4.86 Å². The van der Waals surface area contributed by atoms with Crippen molar-refractivity contribution in [1.82, 2.24) is 4.90 Å². The lowest BCUT2D eigenvalue weighted by atomic mass is 10.0. The van der Waals surface area contributed by atoms with Gasteiger partial charge in [-0.3, -0.25) is 9.69 Å². The Labute approximate surface area is 73.5 Å². The summed E-state index contributed by atoms with van der Waals surface area (Å²) < 4.78 is 0. The Kier molecular flexibility index (Phi) is 1.32. The molecule has 0 bridgehead atoms. The van der Waals surface area contributed by atoms with E-state index in [1.807, 2.05) is 0 Å². The van der Waals surface area contributed by atoms with Gasteiger partial charge in [-0.2, -0.15) is 0 Å². The number of carboxylic acid groups (broad SMARTS) is 1. The van der Waals surface area contributed by atoms with E-state index in [-0.39, 0.29) is 17.6 Å². The number of hydrogen-bond donors (Lipinski definition) is 1. The van der Waals surface area contributed by atoms with Gasteiger partial charge < -0.3 is 5.11 Å². The highest BCUT2D eigenvalue weighted by Gasteiger charge is 2.46. The van der Waals surface area contributed by atoms with Crippen LogP contribution in [0.25, 0.3) is 0 Å². The zero-order chi connectivity index (χ0) is 8.88. The standard InChI is InChI=1S/C7H5NO3S/c9-6-2-3-5(12)1-4(7(10)11)8(3)6/h1,3H,2H2,(H,10,11). The maximum absolute atomic E-state index is 10.9. The van der Waals surface area contributed by atoms with Gasteiger partial charge in [0.15, 0.2) is 0 Å². The molecule has 1 atom stereocenters. The van der Waals surface area contributed by atoms with Crippen molar-refractivity contribution in [1.29, 1.82) is 0 Å². The van der Waals surface area contributed by atoms with E-state index < -0.39 is 5.97 Å². The fourth-order valence-electron chi connectivity index (χ4n) is 1.41. The van der Waals surface area contributed by atoms with Crippen molar-refractivity contribution in [2.24, 2.45) is 0 Å². The van der Waals surface area contributed by atoms with Crippen LogP contribution in [0.2, 0.25) is 0 Å². The van der Waals surface area contributed by atoms with Gasteiger partial charge >= 0.3 is 5.97 Å². The molecule has 1 unspecified atom stereocenters. The smallest absolute Gasteiger partial charge is 0.352 e. The molecule has 4 nitrogen and oxygen atoms in total. The predicted molar refractivity (Wildman–Crippen MR) is 43.6 cm³/mol. The average Bonchev–Trinajstić information content (AvgIpc) is 2.22. The molecule has 1 N–H and O–H groups in total. The van der Waals surface area contributed by atoms with Gasteiger partial charge in [0.1, 0.15) is 5.70 Å². The largest absolute Gasteiger partial charge is 0.477 e. The molecular formula is C7H5NO3S. The van der Waals surface area contributed by atoms with Gasteiger partial charge in [0.25, 0.3) is 0 Å². The van der Waals surface area contributed by atoms with Crippen molar-refractivity contribution in [3.63, 3.8) is 0 Å². The third-order valence-corrected chi connectivity index (χ3v) is 2.42. The van der Waals surface area contributed by atoms with Crippen LogP contribution in [0.3, 0.4) is 0 Å². The highest BCUT2D eigenvalue weighted by Crippen LogP contribution is 2.32. The first-order valence-corrected chi connectivity index (χ1v) is 3.83. The van der Waals surface area contributed by atoms with Crippen molar-refractivity contribution in [2.45, 2.75) is 12.5 Å². The van der Waals surface area contributed by atoms with Crippen LogP contribution < -0.4 is 0 Å². The molecule has 1 amide bonds. The number of nitrogens with zero attached hydrogens (tertiary/aromatic N) is 1. The van der Waals surface area contributed by atoms with Crippen molar-refractivity contribution < 1.29 is 14.7 Å². The van der Waals surface area contributed by atoms with Gasteiger partial charge in [-0.15, -0.1) is 0 Å². The molecule has 12 heavy (non-hydrogen) atoms. The Morgan fingerprint density at radius 3 is 2.83 bits per heavy atom. The van der Waals surface area contributed by atoms with E-state index in [1.165, 1.54) is 11.0 Å². The Hall–Kier alpha value is -1.23. The number of thiocarbonyl (C=S) groups is 1. The molecule has 2 aliphatic heterocycles. The van der Waals surface area contributed by atoms with Crippen molar-refractivity contribution in [2.75, 3.05) is 0 Å². The van der Waals surface area contributed by atoms with Crippen molar-refractivity contribution in [3.05, 3.63) is 11.8 Å². The maximum Gasteiger partial charge on any atom is 0.352 e. The van der Waals surface area contributed by atoms with Gasteiger partial charge in [0.2, 0.25) is 5.91 Å². The molecule has 0 aromatic carbocycles. The predicted octanol–water partition coefficient (Wildman–Crippen LogP) is -0.0607. The average molecular weight is 183 g/mol. The van der Waals surface area contributed by atoms with Crippen LogP contribution in [-0.2, 0) is 9.59 Å². The minimum Gasteiger partial charge on any atom is -0.477 e. The quantitative estimate of drug-likeness (QED) is 0.457. The van der Waals surface area contributed by atoms with Gasteiger partial charge in [-0.25, -0.2) is 4.79 Å². The first-order valence-electron chi connectivity index (χ1n) is 3.42. The lowest BCUT2D eigenvalue weighted by Crippen LogP contribution is -2.52. The summed E-state index contributed by atoms with van der Waals surface area (Å²) in [5.74, 6) is -1.25. The second kappa shape index (κ2) is 2.13. The topological polar surface area (TPSA) is 57.6 Å². The number of carbonyl (C=O) groups is 2. The summed E-state index contributed by atoms with van der Waals surface area (Å²) in [6.07, 6.45) is 1.74. The fourth-order valence-corrected chi connectivity index (χ4v) is 1.71. The Balaban J connectivity index is 2.35. The van der Waals surface area contributed by atoms with E-state index in [2.05, 4.69) is 0 Å². The summed E-state index contributed by atoms with van der Waals surface area (Å²) in [6.45, 7) is 0. The Bertz CT molecular complexity index is 334. The fraction of sp³-hybridized carbons (Fsp3) is 0.286. The molecule has 62 valence electrons. The summed E-state index contributed by atoms with van der Waals surface area (Å²) in [6, 6.07) is -0.154. The third kappa shape index (κ3) is 0.739. The van der Waals surface area contributed by atoms with E-state index in [0.717, 1.165) is 0 Å². The highest BCUT2D eigenvalue weighted by atomic mass is 32.1. The molecule has 2 heterocycles. The molecule has 0 aromatic heterocycles. The highest BCUT2D eigenvalue weighted by molar-refractivity contribution is 7.81. The summed E-state index contributed by atoms with van der Waals surface area (Å²) in [7, 11) is 0. The van der Waals surface area contributed by atoms with E-state index in [1.54, 1.807) is 0 Å². The third-order valence-electron chi connectivity index (χ3n) is 2.03. The van der Waals surface area contributed by atoms with Gasteiger partial charge in [-0.05, 0) is 6.08 Å². The lowest BCUT2D eigenvalue weighted by Gasteiger charge is -2.34. The van der Waals surface area contributed by atoms with Crippen LogP contribution in [0, 0.1) is 0 Å². The van der Waals surface area contributed by atoms with E-state index in [0.29, 0.717) is 11.3 Å². The minimum absolute atomic E-state index is 0.0150. The second-order valence-corrected chi connectivity index (χ2v) is 3.19. The molecular weight excluding hydrogens is 178 g/mol. The van der Waals surface area contributed by atoms with E-state index in [9.17, 15) is 9.59 Å². The molecule has 1 fully saturated rings. The summed E-state index contributed by atoms with van der Waals surface area (Å²) in [5, 5.41) is 8.65. The molecule has 0 radical (unpaired) electrons. The Morgan fingerprint density at radius 1 is 1.75 bits per heavy atom. The molecule has 2 rings (SSSR count). The number of carbonyl (C=O) groups excluding carboxylic acids is 1. The van der Waals surface area contributed by atoms with Gasteiger partial charge in [-0.1, -0.05) is 12.2 Å². The monoisotopic (exact) mass is 183 g/mol. The number of fused-ring (bicyclic) bond motifs is 1. The van der Waals surface area contributed by atoms with Crippen molar-refractivity contribution >= 4 is 29.0 Å². The normalized spacial score (nSPS) is 26.5. The molecule has 0 spiro atoms. The number of aliphatic carboxylic acids is 1. The number of amides is 1. The second-order valence-electron chi connectivity index (χ2n) is 2.72. The molecule has 0 saturated carbocycles. The Morgan fingerprint density at radius 2 is 2.42 bits per heavy atom. The van der Waals surface area contributed by atoms with E-state index >= 15 is 0 Å². The summed E-state index contributed by atoms with van der Waals surface area (Å²) in [5.41, 5.74) is 0.0150. The van der Waals surface area contributed by atoms with Crippen LogP contribution in [0.15, 0.2) is 11.8 Å². The molecule has 0 aromatic rings. The summed E-state index contributed by atoms with van der Waals surface area (Å²) in [4.78, 5) is 23.3. The zero-order valence-corrected chi connectivity index (χ0v) is 6.80. The van der Waals surface area contributed by atoms with E-state index in [4.69, 9.17) is 17.3 Å². The molecule has 0 aliphatic carbocycles. The van der Waals surface area contributed by atoms with Crippen LogP contribution in [-0.4, -0.2) is 32.8 Å². The van der Waals surface area contributed by atoms with Crippen LogP contribution in [0.5, 0.6) is 0 Å². The number of carboxylic acids is 1. The first kappa shape index (κ1) is 7.42. The molecule has 2 aliphatic rings. The molecule has 5 heteroatoms. The SMILES string of the molecule is O=C(O)C1=CC(=S)C2CC(=O)N12. The minimum atomic E-state index is -1.09. The van der Waals surface area contributed by atoms with Crippen LogP contribution in [0.4, 0.5) is 0 Å². The zero-order valence-electron chi connectivity index (χ0n) is 5.98.